The van der Waals surface area contributed by atoms with Crippen molar-refractivity contribution in [3.63, 3.8) is 0 Å². The molecule has 3 aromatic carbocycles. The maximum atomic E-state index is 12.6. The van der Waals surface area contributed by atoms with E-state index in [-0.39, 0.29) is 16.7 Å². The van der Waals surface area contributed by atoms with Crippen molar-refractivity contribution in [1.82, 2.24) is 5.32 Å². The number of anilines is 1. The van der Waals surface area contributed by atoms with Gasteiger partial charge in [-0.15, -0.1) is 0 Å². The number of ether oxygens (including phenoxy) is 1. The van der Waals surface area contributed by atoms with Crippen LogP contribution in [0.5, 0.6) is 5.75 Å². The van der Waals surface area contributed by atoms with Crippen molar-refractivity contribution in [2.45, 2.75) is 18.2 Å². The molecule has 2 N–H and O–H groups in total. The van der Waals surface area contributed by atoms with E-state index in [0.29, 0.717) is 24.4 Å². The molecule has 0 aromatic heterocycles. The predicted molar refractivity (Wildman–Crippen MR) is 120 cm³/mol. The number of benzene rings is 3. The molecule has 1 unspecified atom stereocenters. The molecule has 4 rings (SSSR count). The fraction of sp³-hybridized carbons (Fsp3) is 0.208. The van der Waals surface area contributed by atoms with Gasteiger partial charge in [0, 0.05) is 23.7 Å². The first-order chi connectivity index (χ1) is 14.9. The van der Waals surface area contributed by atoms with Gasteiger partial charge in [-0.1, -0.05) is 35.9 Å². The van der Waals surface area contributed by atoms with Crippen LogP contribution in [0.1, 0.15) is 21.5 Å². The molecule has 0 aliphatic carbocycles. The number of para-hydroxylation sites is 1. The van der Waals surface area contributed by atoms with Crippen molar-refractivity contribution >= 4 is 21.6 Å². The molecule has 0 radical (unpaired) electrons. The van der Waals surface area contributed by atoms with Crippen molar-refractivity contribution in [2.75, 3.05) is 17.9 Å². The average Bonchev–Trinajstić information content (AvgIpc) is 2.79. The lowest BCUT2D eigenvalue weighted by atomic mass is 9.96. The summed E-state index contributed by atoms with van der Waals surface area (Å²) >= 11 is 0. The number of carbonyl (C=O) groups excluding carboxylic acids is 1. The van der Waals surface area contributed by atoms with Gasteiger partial charge in [0.2, 0.25) is 0 Å². The number of sulfonamides is 1. The summed E-state index contributed by atoms with van der Waals surface area (Å²) in [6.45, 7) is 2.98. The number of fused-ring (bicyclic) bond motifs is 1. The monoisotopic (exact) mass is 436 g/mol. The topological polar surface area (TPSA) is 84.5 Å². The maximum absolute atomic E-state index is 12.6. The van der Waals surface area contributed by atoms with Crippen molar-refractivity contribution in [3.05, 3.63) is 89.5 Å². The molecule has 0 spiro atoms. The van der Waals surface area contributed by atoms with Crippen LogP contribution in [0.25, 0.3) is 0 Å². The summed E-state index contributed by atoms with van der Waals surface area (Å²) in [4.78, 5) is 12.6. The summed E-state index contributed by atoms with van der Waals surface area (Å²) < 4.78 is 33.5. The van der Waals surface area contributed by atoms with Crippen molar-refractivity contribution < 1.29 is 17.9 Å². The lowest BCUT2D eigenvalue weighted by molar-refractivity contribution is 0.0939. The first-order valence-electron chi connectivity index (χ1n) is 10.1. The van der Waals surface area contributed by atoms with Crippen LogP contribution < -0.4 is 14.8 Å². The number of carbonyl (C=O) groups is 1. The molecule has 1 amide bonds. The number of aryl methyl sites for hydroxylation is 1. The predicted octanol–water partition coefficient (Wildman–Crippen LogP) is 3.78. The highest BCUT2D eigenvalue weighted by Gasteiger charge is 2.20. The SMILES string of the molecule is Cc1ccc(NS(=O)(=O)c2ccc(C(=O)NCC3COc4ccccc4C3)cc2)cc1. The fourth-order valence-corrected chi connectivity index (χ4v) is 4.54. The number of amides is 1. The lowest BCUT2D eigenvalue weighted by Gasteiger charge is -2.25. The molecule has 7 heteroatoms. The van der Waals surface area contributed by atoms with Crippen LogP contribution in [0.3, 0.4) is 0 Å². The second-order valence-corrected chi connectivity index (χ2v) is 9.38. The Morgan fingerprint density at radius 2 is 1.71 bits per heavy atom. The van der Waals surface area contributed by atoms with Crippen molar-refractivity contribution in [2.24, 2.45) is 5.92 Å². The van der Waals surface area contributed by atoms with E-state index in [2.05, 4.69) is 10.0 Å². The van der Waals surface area contributed by atoms with E-state index in [4.69, 9.17) is 4.74 Å². The smallest absolute Gasteiger partial charge is 0.261 e. The number of hydrogen-bond donors (Lipinski definition) is 2. The van der Waals surface area contributed by atoms with Crippen molar-refractivity contribution in [3.8, 4) is 5.75 Å². The lowest BCUT2D eigenvalue weighted by Crippen LogP contribution is -2.34. The minimum atomic E-state index is -3.72. The van der Waals surface area contributed by atoms with Gasteiger partial charge in [0.1, 0.15) is 5.75 Å². The van der Waals surface area contributed by atoms with Crippen LogP contribution in [0.4, 0.5) is 5.69 Å². The molecule has 0 fully saturated rings. The highest BCUT2D eigenvalue weighted by atomic mass is 32.2. The molecule has 0 saturated heterocycles. The zero-order valence-corrected chi connectivity index (χ0v) is 18.0. The molecular formula is C24H24N2O4S. The molecular weight excluding hydrogens is 412 g/mol. The molecule has 3 aromatic rings. The zero-order valence-electron chi connectivity index (χ0n) is 17.2. The summed E-state index contributed by atoms with van der Waals surface area (Å²) in [7, 11) is -3.72. The van der Waals surface area contributed by atoms with E-state index in [9.17, 15) is 13.2 Å². The van der Waals surface area contributed by atoms with E-state index in [1.165, 1.54) is 24.3 Å². The first-order valence-corrected chi connectivity index (χ1v) is 11.6. The summed E-state index contributed by atoms with van der Waals surface area (Å²) in [5.41, 5.74) is 3.08. The Morgan fingerprint density at radius 3 is 2.45 bits per heavy atom. The molecule has 160 valence electrons. The molecule has 0 bridgehead atoms. The molecule has 31 heavy (non-hydrogen) atoms. The summed E-state index contributed by atoms with van der Waals surface area (Å²) in [6.07, 6.45) is 0.846. The van der Waals surface area contributed by atoms with Gasteiger partial charge in [-0.3, -0.25) is 9.52 Å². The fourth-order valence-electron chi connectivity index (χ4n) is 3.48. The first kappa shape index (κ1) is 20.9. The van der Waals surface area contributed by atoms with Gasteiger partial charge in [0.05, 0.1) is 11.5 Å². The Kier molecular flexibility index (Phi) is 5.95. The van der Waals surface area contributed by atoms with Gasteiger partial charge in [-0.25, -0.2) is 8.42 Å². The number of hydrogen-bond acceptors (Lipinski definition) is 4. The minimum absolute atomic E-state index is 0.0990. The zero-order chi connectivity index (χ0) is 21.8. The van der Waals surface area contributed by atoms with E-state index in [0.717, 1.165) is 23.3 Å². The molecule has 6 nitrogen and oxygen atoms in total. The normalized spacial score (nSPS) is 15.5. The molecule has 1 heterocycles. The maximum Gasteiger partial charge on any atom is 0.261 e. The Labute approximate surface area is 182 Å². The summed E-state index contributed by atoms with van der Waals surface area (Å²) in [6, 6.07) is 20.9. The molecule has 1 aliphatic heterocycles. The molecule has 1 atom stereocenters. The largest absolute Gasteiger partial charge is 0.493 e. The third-order valence-electron chi connectivity index (χ3n) is 5.24. The van der Waals surface area contributed by atoms with E-state index in [1.54, 1.807) is 12.1 Å². The van der Waals surface area contributed by atoms with Crippen LogP contribution in [0.15, 0.2) is 77.7 Å². The standard InChI is InChI=1S/C24H24N2O4S/c1-17-6-10-21(11-7-17)26-31(28,29)22-12-8-19(9-13-22)24(27)25-15-18-14-20-4-2-3-5-23(20)30-16-18/h2-13,18,26H,14-16H2,1H3,(H,25,27). The van der Waals surface area contributed by atoms with Gasteiger partial charge >= 0.3 is 0 Å². The number of nitrogens with one attached hydrogen (secondary N) is 2. The van der Waals surface area contributed by atoms with Gasteiger partial charge < -0.3 is 10.1 Å². The highest BCUT2D eigenvalue weighted by Crippen LogP contribution is 2.26. The third kappa shape index (κ3) is 5.06. The van der Waals surface area contributed by atoms with Crippen LogP contribution in [-0.4, -0.2) is 27.5 Å². The third-order valence-corrected chi connectivity index (χ3v) is 6.63. The van der Waals surface area contributed by atoms with E-state index >= 15 is 0 Å². The van der Waals surface area contributed by atoms with E-state index < -0.39 is 10.0 Å². The molecule has 0 saturated carbocycles. The number of rotatable bonds is 6. The second-order valence-electron chi connectivity index (χ2n) is 7.69. The van der Waals surface area contributed by atoms with Crippen LogP contribution in [0, 0.1) is 12.8 Å². The van der Waals surface area contributed by atoms with Crippen molar-refractivity contribution in [1.29, 1.82) is 0 Å². The second kappa shape index (κ2) is 8.81. The summed E-state index contributed by atoms with van der Waals surface area (Å²) in [5, 5.41) is 2.92. The van der Waals surface area contributed by atoms with Crippen LogP contribution in [-0.2, 0) is 16.4 Å². The van der Waals surface area contributed by atoms with Crippen LogP contribution in [0.2, 0.25) is 0 Å². The summed E-state index contributed by atoms with van der Waals surface area (Å²) in [5.74, 6) is 0.854. The van der Waals surface area contributed by atoms with Gasteiger partial charge in [0.15, 0.2) is 0 Å². The Hall–Kier alpha value is -3.32. The molecule has 1 aliphatic rings. The van der Waals surface area contributed by atoms with Gasteiger partial charge in [0.25, 0.3) is 15.9 Å². The highest BCUT2D eigenvalue weighted by molar-refractivity contribution is 7.92. The van der Waals surface area contributed by atoms with Crippen LogP contribution >= 0.6 is 0 Å². The Bertz CT molecular complexity index is 1170. The average molecular weight is 437 g/mol. The van der Waals surface area contributed by atoms with Gasteiger partial charge in [-0.2, -0.15) is 0 Å². The Balaban J connectivity index is 1.35. The quantitative estimate of drug-likeness (QED) is 0.616. The Morgan fingerprint density at radius 1 is 1.00 bits per heavy atom. The van der Waals surface area contributed by atoms with E-state index in [1.807, 2.05) is 43.3 Å². The minimum Gasteiger partial charge on any atom is -0.493 e. The van der Waals surface area contributed by atoms with Gasteiger partial charge in [-0.05, 0) is 61.4 Å².